The second-order valence-electron chi connectivity index (χ2n) is 3.32. The van der Waals surface area contributed by atoms with Gasteiger partial charge in [-0.1, -0.05) is 0 Å². The highest BCUT2D eigenvalue weighted by molar-refractivity contribution is 5.55. The third-order valence-electron chi connectivity index (χ3n) is 2.28. The molecule has 0 atom stereocenters. The maximum absolute atomic E-state index is 5.45. The van der Waals surface area contributed by atoms with Crippen molar-refractivity contribution in [3.8, 4) is 23.1 Å². The van der Waals surface area contributed by atoms with Gasteiger partial charge >= 0.3 is 5.95 Å². The van der Waals surface area contributed by atoms with Crippen molar-refractivity contribution in [1.82, 2.24) is 4.98 Å². The fourth-order valence-corrected chi connectivity index (χ4v) is 1.43. The van der Waals surface area contributed by atoms with Crippen LogP contribution < -0.4 is 9.47 Å². The molecular formula is C12H13NO3. The molecule has 1 aromatic heterocycles. The minimum absolute atomic E-state index is 0.450. The largest absolute Gasteiger partial charge is 0.497 e. The standard InChI is InChI=1S/C12H13NO3/c1-8-12(15-3)16-11(13-8)9-4-6-10(14-2)7-5-9/h4-7H,1-3H3. The monoisotopic (exact) mass is 219 g/mol. The average molecular weight is 219 g/mol. The Balaban J connectivity index is 2.34. The molecule has 0 saturated heterocycles. The van der Waals surface area contributed by atoms with Crippen LogP contribution in [-0.4, -0.2) is 19.2 Å². The molecule has 0 amide bonds. The third-order valence-corrected chi connectivity index (χ3v) is 2.28. The summed E-state index contributed by atoms with van der Waals surface area (Å²) in [5, 5.41) is 0. The van der Waals surface area contributed by atoms with Gasteiger partial charge in [0.1, 0.15) is 11.4 Å². The summed E-state index contributed by atoms with van der Waals surface area (Å²) in [6, 6.07) is 7.51. The molecule has 0 aliphatic rings. The van der Waals surface area contributed by atoms with Gasteiger partial charge < -0.3 is 13.9 Å². The molecule has 84 valence electrons. The van der Waals surface area contributed by atoms with Crippen molar-refractivity contribution in [2.45, 2.75) is 6.92 Å². The van der Waals surface area contributed by atoms with Crippen molar-refractivity contribution in [3.05, 3.63) is 30.0 Å². The van der Waals surface area contributed by atoms with Gasteiger partial charge in [-0.05, 0) is 31.2 Å². The number of ether oxygens (including phenoxy) is 2. The number of oxazole rings is 1. The highest BCUT2D eigenvalue weighted by atomic mass is 16.6. The fraction of sp³-hybridized carbons (Fsp3) is 0.250. The molecule has 0 aliphatic carbocycles. The van der Waals surface area contributed by atoms with Gasteiger partial charge in [0, 0.05) is 5.56 Å². The van der Waals surface area contributed by atoms with Gasteiger partial charge in [0.15, 0.2) is 0 Å². The van der Waals surface area contributed by atoms with Gasteiger partial charge in [-0.15, -0.1) is 0 Å². The molecule has 16 heavy (non-hydrogen) atoms. The maximum atomic E-state index is 5.45. The van der Waals surface area contributed by atoms with E-state index in [1.54, 1.807) is 14.2 Å². The van der Waals surface area contributed by atoms with E-state index in [0.29, 0.717) is 11.8 Å². The van der Waals surface area contributed by atoms with Crippen LogP contribution >= 0.6 is 0 Å². The number of aryl methyl sites for hydroxylation is 1. The van der Waals surface area contributed by atoms with Crippen LogP contribution in [0.3, 0.4) is 0 Å². The van der Waals surface area contributed by atoms with Crippen LogP contribution in [0.1, 0.15) is 5.69 Å². The van der Waals surface area contributed by atoms with Crippen molar-refractivity contribution >= 4 is 0 Å². The topological polar surface area (TPSA) is 44.5 Å². The van der Waals surface area contributed by atoms with E-state index in [9.17, 15) is 0 Å². The molecule has 2 aromatic rings. The Hall–Kier alpha value is -1.97. The van der Waals surface area contributed by atoms with Gasteiger partial charge in [0.2, 0.25) is 5.89 Å². The van der Waals surface area contributed by atoms with Gasteiger partial charge in [-0.3, -0.25) is 0 Å². The Morgan fingerprint density at radius 3 is 2.25 bits per heavy atom. The van der Waals surface area contributed by atoms with Crippen molar-refractivity contribution in [3.63, 3.8) is 0 Å². The molecule has 0 radical (unpaired) electrons. The molecule has 4 heteroatoms. The van der Waals surface area contributed by atoms with Crippen LogP contribution in [-0.2, 0) is 0 Å². The van der Waals surface area contributed by atoms with Gasteiger partial charge in [-0.25, -0.2) is 4.98 Å². The molecule has 0 N–H and O–H groups in total. The van der Waals surface area contributed by atoms with Crippen LogP contribution in [0.5, 0.6) is 11.7 Å². The van der Waals surface area contributed by atoms with E-state index in [-0.39, 0.29) is 0 Å². The molecule has 0 saturated carbocycles. The lowest BCUT2D eigenvalue weighted by molar-refractivity contribution is 0.306. The molecule has 1 aromatic carbocycles. The van der Waals surface area contributed by atoms with Crippen molar-refractivity contribution in [2.75, 3.05) is 14.2 Å². The van der Waals surface area contributed by atoms with Crippen molar-refractivity contribution in [1.29, 1.82) is 0 Å². The quantitative estimate of drug-likeness (QED) is 0.796. The SMILES string of the molecule is COc1ccc(-c2nc(C)c(OC)o2)cc1. The zero-order chi connectivity index (χ0) is 11.5. The number of methoxy groups -OCH3 is 2. The van der Waals surface area contributed by atoms with Gasteiger partial charge in [-0.2, -0.15) is 0 Å². The predicted molar refractivity (Wildman–Crippen MR) is 59.8 cm³/mol. The first-order valence-electron chi connectivity index (χ1n) is 4.90. The van der Waals surface area contributed by atoms with E-state index in [1.807, 2.05) is 31.2 Å². The van der Waals surface area contributed by atoms with Crippen LogP contribution in [0.15, 0.2) is 28.7 Å². The lowest BCUT2D eigenvalue weighted by atomic mass is 10.2. The molecule has 0 bridgehead atoms. The first-order valence-corrected chi connectivity index (χ1v) is 4.90. The minimum Gasteiger partial charge on any atom is -0.497 e. The smallest absolute Gasteiger partial charge is 0.308 e. The summed E-state index contributed by atoms with van der Waals surface area (Å²) in [5.74, 6) is 1.81. The molecule has 0 spiro atoms. The van der Waals surface area contributed by atoms with Crippen molar-refractivity contribution in [2.24, 2.45) is 0 Å². The van der Waals surface area contributed by atoms with Crippen LogP contribution in [0.25, 0.3) is 11.5 Å². The maximum Gasteiger partial charge on any atom is 0.308 e. The number of rotatable bonds is 3. The highest BCUT2D eigenvalue weighted by Crippen LogP contribution is 2.27. The number of nitrogens with zero attached hydrogens (tertiary/aromatic N) is 1. The minimum atomic E-state index is 0.450. The Morgan fingerprint density at radius 1 is 1.06 bits per heavy atom. The van der Waals surface area contributed by atoms with E-state index in [1.165, 1.54) is 0 Å². The normalized spacial score (nSPS) is 10.2. The number of aromatic nitrogens is 1. The Morgan fingerprint density at radius 2 is 1.75 bits per heavy atom. The number of benzene rings is 1. The summed E-state index contributed by atoms with van der Waals surface area (Å²) in [6.07, 6.45) is 0. The van der Waals surface area contributed by atoms with E-state index < -0.39 is 0 Å². The molecule has 4 nitrogen and oxygen atoms in total. The highest BCUT2D eigenvalue weighted by Gasteiger charge is 2.11. The molecule has 1 heterocycles. The fourth-order valence-electron chi connectivity index (χ4n) is 1.43. The van der Waals surface area contributed by atoms with Gasteiger partial charge in [0.25, 0.3) is 0 Å². The predicted octanol–water partition coefficient (Wildman–Crippen LogP) is 2.67. The third kappa shape index (κ3) is 1.86. The zero-order valence-corrected chi connectivity index (χ0v) is 9.48. The Labute approximate surface area is 93.8 Å². The van der Waals surface area contributed by atoms with E-state index in [0.717, 1.165) is 17.0 Å². The molecular weight excluding hydrogens is 206 g/mol. The molecule has 0 fully saturated rings. The second-order valence-corrected chi connectivity index (χ2v) is 3.32. The van der Waals surface area contributed by atoms with E-state index >= 15 is 0 Å². The van der Waals surface area contributed by atoms with Crippen LogP contribution in [0, 0.1) is 6.92 Å². The van der Waals surface area contributed by atoms with Gasteiger partial charge in [0.05, 0.1) is 14.2 Å². The Bertz CT molecular complexity index is 474. The van der Waals surface area contributed by atoms with Crippen LogP contribution in [0.4, 0.5) is 0 Å². The average Bonchev–Trinajstić information content (AvgIpc) is 2.71. The summed E-state index contributed by atoms with van der Waals surface area (Å²) in [5.41, 5.74) is 1.64. The Kier molecular flexibility index (Phi) is 2.81. The summed E-state index contributed by atoms with van der Waals surface area (Å²) in [6.45, 7) is 1.84. The molecule has 0 aliphatic heterocycles. The molecule has 2 rings (SSSR count). The van der Waals surface area contributed by atoms with Crippen LogP contribution in [0.2, 0.25) is 0 Å². The summed E-state index contributed by atoms with van der Waals surface area (Å²) in [7, 11) is 3.19. The first kappa shape index (κ1) is 10.5. The van der Waals surface area contributed by atoms with E-state index in [2.05, 4.69) is 4.98 Å². The lowest BCUT2D eigenvalue weighted by Crippen LogP contribution is -1.82. The first-order chi connectivity index (χ1) is 7.74. The molecule has 0 unspecified atom stereocenters. The number of hydrogen-bond donors (Lipinski definition) is 0. The van der Waals surface area contributed by atoms with E-state index in [4.69, 9.17) is 13.9 Å². The summed E-state index contributed by atoms with van der Waals surface area (Å²) >= 11 is 0. The summed E-state index contributed by atoms with van der Waals surface area (Å²) < 4.78 is 15.6. The summed E-state index contributed by atoms with van der Waals surface area (Å²) in [4.78, 5) is 4.27. The van der Waals surface area contributed by atoms with Crippen molar-refractivity contribution < 1.29 is 13.9 Å². The zero-order valence-electron chi connectivity index (χ0n) is 9.48. The second kappa shape index (κ2) is 4.26. The number of hydrogen-bond acceptors (Lipinski definition) is 4. The lowest BCUT2D eigenvalue weighted by Gasteiger charge is -1.99.